The first-order chi connectivity index (χ1) is 10.5. The third-order valence-electron chi connectivity index (χ3n) is 3.74. The molecule has 3 rings (SSSR count). The smallest absolute Gasteiger partial charge is 0.335 e. The Morgan fingerprint density at radius 1 is 0.864 bits per heavy atom. The normalized spacial score (nSPS) is 19.3. The zero-order valence-corrected chi connectivity index (χ0v) is 12.4. The van der Waals surface area contributed by atoms with Crippen LogP contribution in [0.25, 0.3) is 0 Å². The molecule has 2 aliphatic rings. The SMILES string of the molecule is O=C(N1CCC(NC2CC2)CC1)C(F)(F)F.c1ccccc1. The minimum atomic E-state index is -4.73. The van der Waals surface area contributed by atoms with Gasteiger partial charge in [0.15, 0.2) is 0 Å². The number of alkyl halides is 3. The third-order valence-corrected chi connectivity index (χ3v) is 3.74. The zero-order chi connectivity index (χ0) is 16.0. The van der Waals surface area contributed by atoms with Crippen molar-refractivity contribution in [2.24, 2.45) is 0 Å². The van der Waals surface area contributed by atoms with Crippen LogP contribution in [0.1, 0.15) is 25.7 Å². The lowest BCUT2D eigenvalue weighted by molar-refractivity contribution is -0.186. The Morgan fingerprint density at radius 2 is 1.27 bits per heavy atom. The lowest BCUT2D eigenvalue weighted by atomic mass is 10.0. The fourth-order valence-electron chi connectivity index (χ4n) is 2.40. The number of piperidine rings is 1. The first-order valence-corrected chi connectivity index (χ1v) is 7.59. The van der Waals surface area contributed by atoms with Crippen LogP contribution in [0.3, 0.4) is 0 Å². The fourth-order valence-corrected chi connectivity index (χ4v) is 2.40. The Kier molecular flexibility index (Phi) is 5.83. The molecule has 122 valence electrons. The molecule has 0 radical (unpaired) electrons. The summed E-state index contributed by atoms with van der Waals surface area (Å²) >= 11 is 0. The number of likely N-dealkylation sites (tertiary alicyclic amines) is 1. The highest BCUT2D eigenvalue weighted by molar-refractivity contribution is 5.81. The Balaban J connectivity index is 0.000000246. The van der Waals surface area contributed by atoms with Gasteiger partial charge in [0.1, 0.15) is 0 Å². The van der Waals surface area contributed by atoms with E-state index in [1.165, 1.54) is 12.8 Å². The van der Waals surface area contributed by atoms with Gasteiger partial charge in [0.05, 0.1) is 0 Å². The average molecular weight is 314 g/mol. The van der Waals surface area contributed by atoms with Gasteiger partial charge >= 0.3 is 12.1 Å². The second-order valence-corrected chi connectivity index (χ2v) is 5.66. The fraction of sp³-hybridized carbons (Fsp3) is 0.562. The number of benzene rings is 1. The van der Waals surface area contributed by atoms with Crippen LogP contribution in [0.15, 0.2) is 36.4 Å². The maximum absolute atomic E-state index is 12.1. The molecule has 1 saturated carbocycles. The quantitative estimate of drug-likeness (QED) is 0.910. The first kappa shape index (κ1) is 16.8. The maximum Gasteiger partial charge on any atom is 0.471 e. The Bertz CT molecular complexity index is 426. The minimum absolute atomic E-state index is 0.211. The standard InChI is InChI=1S/C10H15F3N2O.C6H6/c11-10(12,13)9(16)15-5-3-8(4-6-15)14-7-1-2-7;1-2-4-6-5-3-1/h7-8,14H,1-6H2;1-6H. The molecule has 1 N–H and O–H groups in total. The summed E-state index contributed by atoms with van der Waals surface area (Å²) in [5.74, 6) is -1.70. The van der Waals surface area contributed by atoms with E-state index in [1.54, 1.807) is 0 Å². The summed E-state index contributed by atoms with van der Waals surface area (Å²) in [6, 6.07) is 12.8. The van der Waals surface area contributed by atoms with Crippen LogP contribution in [-0.2, 0) is 4.79 Å². The van der Waals surface area contributed by atoms with Crippen molar-refractivity contribution in [3.8, 4) is 0 Å². The molecule has 1 aromatic carbocycles. The second kappa shape index (κ2) is 7.63. The summed E-state index contributed by atoms with van der Waals surface area (Å²) in [5, 5.41) is 3.37. The van der Waals surface area contributed by atoms with E-state index >= 15 is 0 Å². The van der Waals surface area contributed by atoms with Gasteiger partial charge in [-0.1, -0.05) is 36.4 Å². The number of nitrogens with one attached hydrogen (secondary N) is 1. The van der Waals surface area contributed by atoms with Crippen LogP contribution in [0.2, 0.25) is 0 Å². The molecular formula is C16H21F3N2O. The highest BCUT2D eigenvalue weighted by Crippen LogP contribution is 2.24. The summed E-state index contributed by atoms with van der Waals surface area (Å²) in [6.45, 7) is 0.422. The number of halogens is 3. The Morgan fingerprint density at radius 3 is 1.64 bits per heavy atom. The largest absolute Gasteiger partial charge is 0.471 e. The van der Waals surface area contributed by atoms with Gasteiger partial charge in [-0.05, 0) is 25.7 Å². The molecule has 0 unspecified atom stereocenters. The molecule has 22 heavy (non-hydrogen) atoms. The molecule has 0 bridgehead atoms. The molecule has 1 heterocycles. The van der Waals surface area contributed by atoms with Gasteiger partial charge in [0.25, 0.3) is 0 Å². The van der Waals surface area contributed by atoms with Gasteiger partial charge in [0, 0.05) is 25.2 Å². The number of rotatable bonds is 2. The van der Waals surface area contributed by atoms with Gasteiger partial charge in [-0.15, -0.1) is 0 Å². The molecule has 3 nitrogen and oxygen atoms in total. The van der Waals surface area contributed by atoms with Crippen molar-refractivity contribution in [1.29, 1.82) is 0 Å². The lowest BCUT2D eigenvalue weighted by Crippen LogP contribution is -2.49. The number of carbonyl (C=O) groups excluding carboxylic acids is 1. The van der Waals surface area contributed by atoms with Crippen molar-refractivity contribution in [2.45, 2.75) is 43.9 Å². The number of amides is 1. The zero-order valence-electron chi connectivity index (χ0n) is 12.4. The number of hydrogen-bond donors (Lipinski definition) is 1. The highest BCUT2D eigenvalue weighted by Gasteiger charge is 2.43. The molecule has 0 atom stereocenters. The van der Waals surface area contributed by atoms with E-state index in [-0.39, 0.29) is 19.1 Å². The van der Waals surface area contributed by atoms with Crippen LogP contribution < -0.4 is 5.32 Å². The van der Waals surface area contributed by atoms with Gasteiger partial charge in [-0.3, -0.25) is 4.79 Å². The molecule has 1 amide bonds. The predicted molar refractivity (Wildman–Crippen MR) is 78.3 cm³/mol. The molecule has 6 heteroatoms. The van der Waals surface area contributed by atoms with E-state index in [0.29, 0.717) is 18.9 Å². The maximum atomic E-state index is 12.1. The molecule has 1 aliphatic heterocycles. The van der Waals surface area contributed by atoms with Crippen molar-refractivity contribution >= 4 is 5.91 Å². The topological polar surface area (TPSA) is 32.3 Å². The molecule has 2 fully saturated rings. The number of nitrogens with zero attached hydrogens (tertiary/aromatic N) is 1. The molecule has 1 saturated heterocycles. The van der Waals surface area contributed by atoms with E-state index in [0.717, 1.165) is 4.90 Å². The van der Waals surface area contributed by atoms with Crippen LogP contribution >= 0.6 is 0 Å². The summed E-state index contributed by atoms with van der Waals surface area (Å²) < 4.78 is 36.4. The van der Waals surface area contributed by atoms with Crippen LogP contribution in [0.5, 0.6) is 0 Å². The van der Waals surface area contributed by atoms with E-state index in [1.807, 2.05) is 36.4 Å². The van der Waals surface area contributed by atoms with Crippen molar-refractivity contribution in [3.05, 3.63) is 36.4 Å². The molecule has 1 aliphatic carbocycles. The molecule has 1 aromatic rings. The first-order valence-electron chi connectivity index (χ1n) is 7.59. The summed E-state index contributed by atoms with van der Waals surface area (Å²) in [5.41, 5.74) is 0. The van der Waals surface area contributed by atoms with Gasteiger partial charge in [-0.25, -0.2) is 0 Å². The minimum Gasteiger partial charge on any atom is -0.335 e. The van der Waals surface area contributed by atoms with Crippen LogP contribution in [0, 0.1) is 0 Å². The molecule has 0 aromatic heterocycles. The lowest BCUT2D eigenvalue weighted by Gasteiger charge is -2.32. The Labute approximate surface area is 128 Å². The molecular weight excluding hydrogens is 293 g/mol. The van der Waals surface area contributed by atoms with Crippen molar-refractivity contribution < 1.29 is 18.0 Å². The van der Waals surface area contributed by atoms with Gasteiger partial charge < -0.3 is 10.2 Å². The second-order valence-electron chi connectivity index (χ2n) is 5.66. The monoisotopic (exact) mass is 314 g/mol. The number of carbonyl (C=O) groups is 1. The predicted octanol–water partition coefficient (Wildman–Crippen LogP) is 2.98. The van der Waals surface area contributed by atoms with Crippen molar-refractivity contribution in [1.82, 2.24) is 10.2 Å². The Hall–Kier alpha value is -1.56. The van der Waals surface area contributed by atoms with Crippen molar-refractivity contribution in [2.75, 3.05) is 13.1 Å². The van der Waals surface area contributed by atoms with Crippen molar-refractivity contribution in [3.63, 3.8) is 0 Å². The van der Waals surface area contributed by atoms with Gasteiger partial charge in [-0.2, -0.15) is 13.2 Å². The third kappa shape index (κ3) is 5.67. The van der Waals surface area contributed by atoms with Gasteiger partial charge in [0.2, 0.25) is 0 Å². The van der Waals surface area contributed by atoms with Crippen LogP contribution in [0.4, 0.5) is 13.2 Å². The highest BCUT2D eigenvalue weighted by atomic mass is 19.4. The van der Waals surface area contributed by atoms with E-state index in [4.69, 9.17) is 0 Å². The summed E-state index contributed by atoms with van der Waals surface area (Å²) in [7, 11) is 0. The van der Waals surface area contributed by atoms with E-state index < -0.39 is 12.1 Å². The average Bonchev–Trinajstić information content (AvgIpc) is 3.33. The summed E-state index contributed by atoms with van der Waals surface area (Å²) in [6.07, 6.45) is -1.14. The summed E-state index contributed by atoms with van der Waals surface area (Å²) in [4.78, 5) is 11.8. The van der Waals surface area contributed by atoms with E-state index in [9.17, 15) is 18.0 Å². The molecule has 0 spiro atoms. The number of hydrogen-bond acceptors (Lipinski definition) is 2. The van der Waals surface area contributed by atoms with Crippen LogP contribution in [-0.4, -0.2) is 42.2 Å². The van der Waals surface area contributed by atoms with E-state index in [2.05, 4.69) is 5.32 Å².